The first-order chi connectivity index (χ1) is 16.8. The number of nitrogens with zero attached hydrogens (tertiary/aromatic N) is 3. The lowest BCUT2D eigenvalue weighted by atomic mass is 9.92. The Morgan fingerprint density at radius 3 is 2.37 bits per heavy atom. The van der Waals surface area contributed by atoms with E-state index in [4.69, 9.17) is 9.47 Å². The van der Waals surface area contributed by atoms with E-state index in [1.807, 2.05) is 0 Å². The van der Waals surface area contributed by atoms with Gasteiger partial charge in [0, 0.05) is 24.5 Å². The van der Waals surface area contributed by atoms with Crippen molar-refractivity contribution in [3.63, 3.8) is 0 Å². The molecule has 0 spiro atoms. The minimum Gasteiger partial charge on any atom is -0.497 e. The molecule has 1 fully saturated rings. The zero-order valence-electron chi connectivity index (χ0n) is 20.4. The molecule has 4 rings (SSSR count). The molecule has 1 aliphatic rings. The highest BCUT2D eigenvalue weighted by atomic mass is 16.5. The van der Waals surface area contributed by atoms with Gasteiger partial charge in [-0.2, -0.15) is 9.78 Å². The van der Waals surface area contributed by atoms with Gasteiger partial charge in [0.15, 0.2) is 5.69 Å². The van der Waals surface area contributed by atoms with Gasteiger partial charge in [0.1, 0.15) is 17.2 Å². The van der Waals surface area contributed by atoms with Gasteiger partial charge in [0.05, 0.1) is 26.2 Å². The van der Waals surface area contributed by atoms with E-state index < -0.39 is 11.5 Å². The molecule has 0 aliphatic carbocycles. The van der Waals surface area contributed by atoms with Gasteiger partial charge in [-0.1, -0.05) is 32.0 Å². The summed E-state index contributed by atoms with van der Waals surface area (Å²) < 4.78 is 11.8. The molecule has 2 amide bonds. The van der Waals surface area contributed by atoms with Crippen molar-refractivity contribution in [2.75, 3.05) is 33.9 Å². The summed E-state index contributed by atoms with van der Waals surface area (Å²) in [5.41, 5.74) is 0.0182. The Balaban J connectivity index is 1.68. The normalized spacial score (nSPS) is 17.8. The fourth-order valence-corrected chi connectivity index (χ4v) is 4.70. The van der Waals surface area contributed by atoms with Gasteiger partial charge >= 0.3 is 0 Å². The number of ether oxygens (including phenoxy) is 2. The Labute approximate surface area is 203 Å². The van der Waals surface area contributed by atoms with Crippen LogP contribution in [0.4, 0.5) is 0 Å². The number of methoxy groups -OCH3 is 2. The van der Waals surface area contributed by atoms with Crippen molar-refractivity contribution in [3.05, 3.63) is 58.5 Å². The third kappa shape index (κ3) is 4.99. The van der Waals surface area contributed by atoms with Crippen LogP contribution in [0.1, 0.15) is 30.8 Å². The van der Waals surface area contributed by atoms with Crippen molar-refractivity contribution in [2.24, 2.45) is 11.8 Å². The maximum Gasteiger partial charge on any atom is 0.279 e. The zero-order valence-corrected chi connectivity index (χ0v) is 20.4. The van der Waals surface area contributed by atoms with E-state index in [0.29, 0.717) is 52.9 Å². The van der Waals surface area contributed by atoms with Gasteiger partial charge in [0.25, 0.3) is 11.5 Å². The number of likely N-dealkylation sites (tertiary alicyclic amines) is 1. The molecule has 1 saturated heterocycles. The molecule has 2 aromatic carbocycles. The van der Waals surface area contributed by atoms with Gasteiger partial charge in [-0.05, 0) is 36.5 Å². The van der Waals surface area contributed by atoms with Crippen LogP contribution in [0.15, 0.2) is 47.3 Å². The summed E-state index contributed by atoms with van der Waals surface area (Å²) in [6.45, 7) is 5.48. The number of carbonyl (C=O) groups excluding carboxylic acids is 2. The molecule has 1 aliphatic heterocycles. The number of hydrogen-bond acceptors (Lipinski definition) is 6. The number of amides is 2. The number of aromatic nitrogens is 2. The molecule has 0 saturated carbocycles. The van der Waals surface area contributed by atoms with Crippen LogP contribution in [0.3, 0.4) is 0 Å². The lowest BCUT2D eigenvalue weighted by molar-refractivity contribution is -0.132. The lowest BCUT2D eigenvalue weighted by Crippen LogP contribution is -2.47. The first kappa shape index (κ1) is 24.3. The zero-order chi connectivity index (χ0) is 25.1. The molecular weight excluding hydrogens is 448 g/mol. The van der Waals surface area contributed by atoms with Gasteiger partial charge in [-0.25, -0.2) is 0 Å². The molecule has 1 aromatic heterocycles. The van der Waals surface area contributed by atoms with Crippen molar-refractivity contribution in [1.82, 2.24) is 20.0 Å². The summed E-state index contributed by atoms with van der Waals surface area (Å²) in [7, 11) is 3.01. The molecule has 184 valence electrons. The molecule has 0 bridgehead atoms. The second kappa shape index (κ2) is 10.2. The molecular formula is C26H30N4O5. The molecule has 2 atom stereocenters. The highest BCUT2D eigenvalue weighted by Gasteiger charge is 2.26. The van der Waals surface area contributed by atoms with E-state index in [2.05, 4.69) is 24.3 Å². The third-order valence-corrected chi connectivity index (χ3v) is 6.26. The Morgan fingerprint density at radius 2 is 1.71 bits per heavy atom. The standard InChI is InChI=1S/C26H30N4O5/c1-16-11-17(2)15-29(14-16)23(31)13-27-25(32)24-19-7-5-6-8-20(19)26(33)30(28-24)21-10-9-18(34-3)12-22(21)35-4/h5-10,12,16-17H,11,13-15H2,1-4H3,(H,27,32)/t16-,17+. The van der Waals surface area contributed by atoms with Crippen molar-refractivity contribution in [1.29, 1.82) is 0 Å². The largest absolute Gasteiger partial charge is 0.497 e. The predicted molar refractivity (Wildman–Crippen MR) is 132 cm³/mol. The minimum atomic E-state index is -0.533. The second-order valence-electron chi connectivity index (χ2n) is 9.08. The Kier molecular flexibility index (Phi) is 7.04. The Hall–Kier alpha value is -3.88. The number of rotatable bonds is 6. The van der Waals surface area contributed by atoms with Crippen molar-refractivity contribution < 1.29 is 19.1 Å². The summed E-state index contributed by atoms with van der Waals surface area (Å²) in [6.07, 6.45) is 1.09. The fraction of sp³-hybridized carbons (Fsp3) is 0.385. The van der Waals surface area contributed by atoms with Crippen LogP contribution in [0.25, 0.3) is 16.5 Å². The van der Waals surface area contributed by atoms with Crippen molar-refractivity contribution in [2.45, 2.75) is 20.3 Å². The molecule has 9 nitrogen and oxygen atoms in total. The van der Waals surface area contributed by atoms with Gasteiger partial charge in [0.2, 0.25) is 5.91 Å². The van der Waals surface area contributed by atoms with E-state index in [1.54, 1.807) is 47.4 Å². The smallest absolute Gasteiger partial charge is 0.279 e. The lowest BCUT2D eigenvalue weighted by Gasteiger charge is -2.35. The second-order valence-corrected chi connectivity index (χ2v) is 9.08. The van der Waals surface area contributed by atoms with Crippen LogP contribution < -0.4 is 20.3 Å². The predicted octanol–water partition coefficient (Wildman–Crippen LogP) is 2.64. The molecule has 1 N–H and O–H groups in total. The van der Waals surface area contributed by atoms with Crippen molar-refractivity contribution >= 4 is 22.6 Å². The van der Waals surface area contributed by atoms with Crippen LogP contribution in [0.5, 0.6) is 11.5 Å². The average molecular weight is 479 g/mol. The molecule has 9 heteroatoms. The van der Waals surface area contributed by atoms with Gasteiger partial charge in [-0.15, -0.1) is 0 Å². The molecule has 35 heavy (non-hydrogen) atoms. The van der Waals surface area contributed by atoms with Crippen LogP contribution >= 0.6 is 0 Å². The number of piperidine rings is 1. The van der Waals surface area contributed by atoms with Gasteiger partial charge in [-0.3, -0.25) is 14.4 Å². The maximum absolute atomic E-state index is 13.3. The maximum atomic E-state index is 13.3. The number of carbonyl (C=O) groups is 2. The quantitative estimate of drug-likeness (QED) is 0.584. The first-order valence-corrected chi connectivity index (χ1v) is 11.6. The fourth-order valence-electron chi connectivity index (χ4n) is 4.70. The summed E-state index contributed by atoms with van der Waals surface area (Å²) in [4.78, 5) is 41.1. The van der Waals surface area contributed by atoms with E-state index >= 15 is 0 Å². The van der Waals surface area contributed by atoms with E-state index in [1.165, 1.54) is 14.2 Å². The monoisotopic (exact) mass is 478 g/mol. The highest BCUT2D eigenvalue weighted by Crippen LogP contribution is 2.27. The number of fused-ring (bicyclic) bond motifs is 1. The minimum absolute atomic E-state index is 0.0475. The van der Waals surface area contributed by atoms with Crippen molar-refractivity contribution in [3.8, 4) is 17.2 Å². The molecule has 3 aromatic rings. The first-order valence-electron chi connectivity index (χ1n) is 11.6. The summed E-state index contributed by atoms with van der Waals surface area (Å²) in [5.74, 6) is 1.10. The Morgan fingerprint density at radius 1 is 1.03 bits per heavy atom. The molecule has 0 radical (unpaired) electrons. The topological polar surface area (TPSA) is 103 Å². The summed E-state index contributed by atoms with van der Waals surface area (Å²) >= 11 is 0. The van der Waals surface area contributed by atoms with Crippen LogP contribution in [0, 0.1) is 11.8 Å². The Bertz CT molecular complexity index is 1310. The third-order valence-electron chi connectivity index (χ3n) is 6.26. The van der Waals surface area contributed by atoms with Crippen LogP contribution in [-0.4, -0.2) is 60.3 Å². The average Bonchev–Trinajstić information content (AvgIpc) is 2.86. The van der Waals surface area contributed by atoms with Crippen LogP contribution in [-0.2, 0) is 4.79 Å². The SMILES string of the molecule is COc1ccc(-n2nc(C(=O)NCC(=O)N3C[C@H](C)C[C@H](C)C3)c3ccccc3c2=O)c(OC)c1. The van der Waals surface area contributed by atoms with E-state index in [-0.39, 0.29) is 18.1 Å². The van der Waals surface area contributed by atoms with Gasteiger partial charge < -0.3 is 19.7 Å². The molecule has 0 unspecified atom stereocenters. The van der Waals surface area contributed by atoms with Crippen LogP contribution in [0.2, 0.25) is 0 Å². The summed E-state index contributed by atoms with van der Waals surface area (Å²) in [6, 6.07) is 11.7. The number of nitrogens with one attached hydrogen (secondary N) is 1. The van der Waals surface area contributed by atoms with E-state index in [9.17, 15) is 14.4 Å². The number of benzene rings is 2. The molecule has 2 heterocycles. The van der Waals surface area contributed by atoms with E-state index in [0.717, 1.165) is 11.1 Å². The highest BCUT2D eigenvalue weighted by molar-refractivity contribution is 6.05. The summed E-state index contributed by atoms with van der Waals surface area (Å²) in [5, 5.41) is 7.84. The number of hydrogen-bond donors (Lipinski definition) is 1.